The maximum absolute atomic E-state index is 12.0. The molecule has 3 rings (SSSR count). The summed E-state index contributed by atoms with van der Waals surface area (Å²) in [6.45, 7) is 3.40. The van der Waals surface area contributed by atoms with Crippen LogP contribution in [0.3, 0.4) is 0 Å². The van der Waals surface area contributed by atoms with Gasteiger partial charge in [0.2, 0.25) is 0 Å². The number of benzene rings is 2. The van der Waals surface area contributed by atoms with E-state index in [4.69, 9.17) is 0 Å². The Bertz CT molecular complexity index is 647. The normalized spacial score (nSPS) is 14.1. The van der Waals surface area contributed by atoms with E-state index in [1.165, 1.54) is 16.8 Å². The summed E-state index contributed by atoms with van der Waals surface area (Å²) in [5, 5.41) is 0. The number of ketones is 1. The maximum Gasteiger partial charge on any atom is 0.157 e. The fourth-order valence-corrected chi connectivity index (χ4v) is 3.31. The first-order chi connectivity index (χ1) is 11.2. The third-order valence-corrected chi connectivity index (χ3v) is 4.43. The molecular weight excluding hydrogens is 282 g/mol. The average Bonchev–Trinajstić information content (AvgIpc) is 3.06. The van der Waals surface area contributed by atoms with Gasteiger partial charge in [0, 0.05) is 24.4 Å². The summed E-state index contributed by atoms with van der Waals surface area (Å²) in [5.74, 6) is 0.226. The molecule has 0 N–H and O–H groups in total. The first-order valence-electron chi connectivity index (χ1n) is 8.30. The molecule has 2 aromatic rings. The first-order valence-corrected chi connectivity index (χ1v) is 8.30. The molecule has 0 atom stereocenters. The fourth-order valence-electron chi connectivity index (χ4n) is 3.31. The van der Waals surface area contributed by atoms with Crippen LogP contribution >= 0.6 is 0 Å². The number of nitrogens with zero attached hydrogens (tertiary/aromatic N) is 1. The second-order valence-electron chi connectivity index (χ2n) is 6.16. The maximum atomic E-state index is 12.0. The minimum absolute atomic E-state index is 0.226. The van der Waals surface area contributed by atoms with Crippen LogP contribution in [-0.2, 0) is 17.9 Å². The van der Waals surface area contributed by atoms with E-state index < -0.39 is 0 Å². The van der Waals surface area contributed by atoms with E-state index in [1.54, 1.807) is 6.92 Å². The Morgan fingerprint density at radius 3 is 1.87 bits per heavy atom. The highest BCUT2D eigenvalue weighted by Crippen LogP contribution is 2.31. The monoisotopic (exact) mass is 305 g/mol. The highest BCUT2D eigenvalue weighted by atomic mass is 16.1. The molecule has 0 aliphatic heterocycles. The van der Waals surface area contributed by atoms with Crippen molar-refractivity contribution in [3.63, 3.8) is 0 Å². The van der Waals surface area contributed by atoms with Crippen LogP contribution in [0, 0.1) is 0 Å². The molecule has 2 heteroatoms. The standard InChI is InChI=1S/C21H23NO/c1-17(23)20-13-8-14-21(20)22(15-18-9-4-2-5-10-18)16-19-11-6-3-7-12-19/h2-7,9-12H,8,13-16H2,1H3. The summed E-state index contributed by atoms with van der Waals surface area (Å²) < 4.78 is 0. The summed E-state index contributed by atoms with van der Waals surface area (Å²) in [6, 6.07) is 21.0. The van der Waals surface area contributed by atoms with Gasteiger partial charge in [0.15, 0.2) is 5.78 Å². The van der Waals surface area contributed by atoms with Crippen LogP contribution in [0.15, 0.2) is 71.9 Å². The molecule has 0 heterocycles. The van der Waals surface area contributed by atoms with Gasteiger partial charge < -0.3 is 4.90 Å². The molecule has 0 bridgehead atoms. The van der Waals surface area contributed by atoms with Crippen LogP contribution in [-0.4, -0.2) is 10.7 Å². The number of Topliss-reactive ketones (excluding diaryl/α,β-unsaturated/α-hetero) is 1. The Labute approximate surface area is 138 Å². The van der Waals surface area contributed by atoms with Crippen molar-refractivity contribution in [2.24, 2.45) is 0 Å². The van der Waals surface area contributed by atoms with Gasteiger partial charge in [-0.05, 0) is 37.3 Å². The van der Waals surface area contributed by atoms with E-state index in [2.05, 4.69) is 53.4 Å². The van der Waals surface area contributed by atoms with Crippen LogP contribution in [0.4, 0.5) is 0 Å². The smallest absolute Gasteiger partial charge is 0.157 e. The minimum Gasteiger partial charge on any atom is -0.366 e. The first kappa shape index (κ1) is 15.5. The van der Waals surface area contributed by atoms with E-state index >= 15 is 0 Å². The quantitative estimate of drug-likeness (QED) is 0.770. The third-order valence-electron chi connectivity index (χ3n) is 4.43. The lowest BCUT2D eigenvalue weighted by Gasteiger charge is -2.27. The second-order valence-corrected chi connectivity index (χ2v) is 6.16. The zero-order valence-corrected chi connectivity index (χ0v) is 13.7. The van der Waals surface area contributed by atoms with E-state index in [0.717, 1.165) is 37.9 Å². The van der Waals surface area contributed by atoms with Gasteiger partial charge in [-0.25, -0.2) is 0 Å². The van der Waals surface area contributed by atoms with E-state index in [-0.39, 0.29) is 5.78 Å². The molecule has 0 saturated heterocycles. The molecule has 118 valence electrons. The van der Waals surface area contributed by atoms with Crippen molar-refractivity contribution < 1.29 is 4.79 Å². The summed E-state index contributed by atoms with van der Waals surface area (Å²) in [6.07, 6.45) is 3.02. The number of carbonyl (C=O) groups is 1. The van der Waals surface area contributed by atoms with Gasteiger partial charge in [0.05, 0.1) is 0 Å². The van der Waals surface area contributed by atoms with E-state index in [9.17, 15) is 4.79 Å². The highest BCUT2D eigenvalue weighted by molar-refractivity contribution is 5.94. The Kier molecular flexibility index (Phi) is 4.92. The van der Waals surface area contributed by atoms with Crippen LogP contribution in [0.25, 0.3) is 0 Å². The van der Waals surface area contributed by atoms with Crippen molar-refractivity contribution in [3.8, 4) is 0 Å². The summed E-state index contributed by atoms with van der Waals surface area (Å²) in [4.78, 5) is 14.4. The number of hydrogen-bond donors (Lipinski definition) is 0. The third kappa shape index (κ3) is 3.89. The van der Waals surface area contributed by atoms with Gasteiger partial charge in [-0.15, -0.1) is 0 Å². The zero-order valence-electron chi connectivity index (χ0n) is 13.7. The molecule has 0 fully saturated rings. The van der Waals surface area contributed by atoms with Gasteiger partial charge in [0.1, 0.15) is 0 Å². The van der Waals surface area contributed by atoms with Crippen LogP contribution in [0.5, 0.6) is 0 Å². The summed E-state index contributed by atoms with van der Waals surface area (Å²) in [5.41, 5.74) is 4.83. The van der Waals surface area contributed by atoms with Crippen molar-refractivity contribution in [1.82, 2.24) is 4.90 Å². The number of allylic oxidation sites excluding steroid dienone is 2. The van der Waals surface area contributed by atoms with Crippen LogP contribution in [0.1, 0.15) is 37.3 Å². The van der Waals surface area contributed by atoms with E-state index in [0.29, 0.717) is 0 Å². The molecule has 0 saturated carbocycles. The summed E-state index contributed by atoms with van der Waals surface area (Å²) in [7, 11) is 0. The van der Waals surface area contributed by atoms with Crippen molar-refractivity contribution in [1.29, 1.82) is 0 Å². The molecule has 1 aliphatic carbocycles. The molecule has 0 aromatic heterocycles. The zero-order chi connectivity index (χ0) is 16.1. The van der Waals surface area contributed by atoms with Crippen LogP contribution < -0.4 is 0 Å². The predicted molar refractivity (Wildman–Crippen MR) is 93.7 cm³/mol. The SMILES string of the molecule is CC(=O)C1=C(N(Cc2ccccc2)Cc2ccccc2)CCC1. The topological polar surface area (TPSA) is 20.3 Å². The van der Waals surface area contributed by atoms with Crippen molar-refractivity contribution >= 4 is 5.78 Å². The number of hydrogen-bond acceptors (Lipinski definition) is 2. The number of rotatable bonds is 6. The van der Waals surface area contributed by atoms with Gasteiger partial charge in [0.25, 0.3) is 0 Å². The molecule has 0 spiro atoms. The fraction of sp³-hybridized carbons (Fsp3) is 0.286. The highest BCUT2D eigenvalue weighted by Gasteiger charge is 2.23. The van der Waals surface area contributed by atoms with Gasteiger partial charge in [-0.2, -0.15) is 0 Å². The van der Waals surface area contributed by atoms with Gasteiger partial charge in [-0.3, -0.25) is 4.79 Å². The molecule has 0 amide bonds. The van der Waals surface area contributed by atoms with Gasteiger partial charge in [-0.1, -0.05) is 60.7 Å². The average molecular weight is 305 g/mol. The number of carbonyl (C=O) groups excluding carboxylic acids is 1. The molecule has 0 radical (unpaired) electrons. The molecule has 23 heavy (non-hydrogen) atoms. The summed E-state index contributed by atoms with van der Waals surface area (Å²) >= 11 is 0. The minimum atomic E-state index is 0.226. The largest absolute Gasteiger partial charge is 0.366 e. The molecule has 2 nitrogen and oxygen atoms in total. The van der Waals surface area contributed by atoms with E-state index in [1.807, 2.05) is 12.1 Å². The Hall–Kier alpha value is -2.35. The lowest BCUT2D eigenvalue weighted by molar-refractivity contribution is -0.113. The Morgan fingerprint density at radius 1 is 0.870 bits per heavy atom. The van der Waals surface area contributed by atoms with Crippen molar-refractivity contribution in [2.75, 3.05) is 0 Å². The second kappa shape index (κ2) is 7.28. The molecular formula is C21H23NO. The molecule has 0 unspecified atom stereocenters. The predicted octanol–water partition coefficient (Wildman–Crippen LogP) is 4.72. The molecule has 2 aromatic carbocycles. The van der Waals surface area contributed by atoms with Crippen molar-refractivity contribution in [2.45, 2.75) is 39.3 Å². The Balaban J connectivity index is 1.90. The lowest BCUT2D eigenvalue weighted by Crippen LogP contribution is -2.23. The molecule has 1 aliphatic rings. The lowest BCUT2D eigenvalue weighted by atomic mass is 10.1. The van der Waals surface area contributed by atoms with Crippen LogP contribution in [0.2, 0.25) is 0 Å². The van der Waals surface area contributed by atoms with Crippen molar-refractivity contribution in [3.05, 3.63) is 83.1 Å². The Morgan fingerprint density at radius 2 is 1.39 bits per heavy atom. The van der Waals surface area contributed by atoms with Gasteiger partial charge >= 0.3 is 0 Å².